The normalized spacial score (nSPS) is 17.2. The number of hydrogen-bond acceptors (Lipinski definition) is 8. The zero-order valence-electron chi connectivity index (χ0n) is 13.1. The standard InChI is InChI=1S/C14H17NO8S/c1-20-10-4-3-9(7-12(10)21-2)24(18,19)15-8-13(16)23-11-5-6-22-14(11)17/h3-4,7,11,15H,5-6,8H2,1-2H3/t11-/m0/s1. The number of benzene rings is 1. The van der Waals surface area contributed by atoms with Gasteiger partial charge in [0.1, 0.15) is 6.54 Å². The Morgan fingerprint density at radius 1 is 1.29 bits per heavy atom. The molecule has 0 amide bonds. The van der Waals surface area contributed by atoms with E-state index in [9.17, 15) is 18.0 Å². The van der Waals surface area contributed by atoms with Gasteiger partial charge in [-0.3, -0.25) is 4.79 Å². The van der Waals surface area contributed by atoms with Crippen LogP contribution >= 0.6 is 0 Å². The van der Waals surface area contributed by atoms with Crippen LogP contribution in [0.3, 0.4) is 0 Å². The number of cyclic esters (lactones) is 1. The summed E-state index contributed by atoms with van der Waals surface area (Å²) in [4.78, 5) is 22.7. The fourth-order valence-corrected chi connectivity index (χ4v) is 2.99. The third kappa shape index (κ3) is 4.15. The highest BCUT2D eigenvalue weighted by atomic mass is 32.2. The van der Waals surface area contributed by atoms with Gasteiger partial charge in [-0.2, -0.15) is 4.72 Å². The number of carbonyl (C=O) groups is 2. The van der Waals surface area contributed by atoms with Gasteiger partial charge in [-0.25, -0.2) is 13.2 Å². The lowest BCUT2D eigenvalue weighted by atomic mass is 10.3. The molecule has 1 N–H and O–H groups in total. The Balaban J connectivity index is 2.00. The second-order valence-electron chi connectivity index (χ2n) is 4.78. The predicted octanol–water partition coefficient (Wildman–Crippen LogP) is -0.159. The number of ether oxygens (including phenoxy) is 4. The third-order valence-corrected chi connectivity index (χ3v) is 4.63. The van der Waals surface area contributed by atoms with E-state index in [1.165, 1.54) is 32.4 Å². The number of rotatable bonds is 7. The summed E-state index contributed by atoms with van der Waals surface area (Å²) >= 11 is 0. The molecule has 10 heteroatoms. The molecule has 0 aliphatic carbocycles. The fraction of sp³-hybridized carbons (Fsp3) is 0.429. The zero-order chi connectivity index (χ0) is 17.7. The predicted molar refractivity (Wildman–Crippen MR) is 80.2 cm³/mol. The number of sulfonamides is 1. The number of hydrogen-bond donors (Lipinski definition) is 1. The second kappa shape index (κ2) is 7.49. The highest BCUT2D eigenvalue weighted by molar-refractivity contribution is 7.89. The third-order valence-electron chi connectivity index (χ3n) is 3.23. The van der Waals surface area contributed by atoms with Gasteiger partial charge >= 0.3 is 11.9 Å². The van der Waals surface area contributed by atoms with Crippen LogP contribution in [0.15, 0.2) is 23.1 Å². The van der Waals surface area contributed by atoms with Gasteiger partial charge in [0, 0.05) is 12.5 Å². The maximum absolute atomic E-state index is 12.2. The molecule has 24 heavy (non-hydrogen) atoms. The van der Waals surface area contributed by atoms with Crippen LogP contribution in [0.4, 0.5) is 0 Å². The fourth-order valence-electron chi connectivity index (χ4n) is 2.01. The quantitative estimate of drug-likeness (QED) is 0.668. The molecule has 1 saturated heterocycles. The Morgan fingerprint density at radius 3 is 2.58 bits per heavy atom. The summed E-state index contributed by atoms with van der Waals surface area (Å²) < 4.78 is 46.1. The smallest absolute Gasteiger partial charge is 0.347 e. The summed E-state index contributed by atoms with van der Waals surface area (Å²) in [5.41, 5.74) is 0. The van der Waals surface area contributed by atoms with Crippen molar-refractivity contribution in [3.63, 3.8) is 0 Å². The van der Waals surface area contributed by atoms with Gasteiger partial charge in [-0.15, -0.1) is 0 Å². The minimum atomic E-state index is -3.96. The van der Waals surface area contributed by atoms with Crippen molar-refractivity contribution >= 4 is 22.0 Å². The van der Waals surface area contributed by atoms with Crippen molar-refractivity contribution in [3.8, 4) is 11.5 Å². The van der Waals surface area contributed by atoms with Crippen LogP contribution in [0.2, 0.25) is 0 Å². The average Bonchev–Trinajstić information content (AvgIpc) is 2.97. The van der Waals surface area contributed by atoms with Gasteiger partial charge in [0.2, 0.25) is 16.1 Å². The first-order valence-corrected chi connectivity index (χ1v) is 8.43. The monoisotopic (exact) mass is 359 g/mol. The molecule has 1 fully saturated rings. The van der Waals surface area contributed by atoms with E-state index in [2.05, 4.69) is 9.46 Å². The molecule has 0 radical (unpaired) electrons. The molecule has 0 saturated carbocycles. The molecule has 0 aromatic heterocycles. The highest BCUT2D eigenvalue weighted by Crippen LogP contribution is 2.29. The molecule has 1 aromatic carbocycles. The van der Waals surface area contributed by atoms with Crippen LogP contribution in [-0.2, 0) is 29.1 Å². The SMILES string of the molecule is COc1ccc(S(=O)(=O)NCC(=O)O[C@H]2CCOC2=O)cc1OC. The van der Waals surface area contributed by atoms with Crippen LogP contribution in [0.25, 0.3) is 0 Å². The first kappa shape index (κ1) is 18.0. The van der Waals surface area contributed by atoms with Crippen molar-refractivity contribution in [2.24, 2.45) is 0 Å². The van der Waals surface area contributed by atoms with Gasteiger partial charge in [0.05, 0.1) is 25.7 Å². The minimum Gasteiger partial charge on any atom is -0.493 e. The van der Waals surface area contributed by atoms with Crippen molar-refractivity contribution in [1.82, 2.24) is 4.72 Å². The van der Waals surface area contributed by atoms with Crippen LogP contribution in [0.5, 0.6) is 11.5 Å². The summed E-state index contributed by atoms with van der Waals surface area (Å²) in [6, 6.07) is 4.00. The van der Waals surface area contributed by atoms with E-state index in [1.807, 2.05) is 0 Å². The lowest BCUT2D eigenvalue weighted by molar-refractivity contribution is -0.159. The lowest BCUT2D eigenvalue weighted by Crippen LogP contribution is -2.33. The molecular formula is C14H17NO8S. The van der Waals surface area contributed by atoms with Crippen LogP contribution in [-0.4, -0.2) is 53.8 Å². The van der Waals surface area contributed by atoms with E-state index >= 15 is 0 Å². The van der Waals surface area contributed by atoms with Gasteiger partial charge in [0.15, 0.2) is 11.5 Å². The van der Waals surface area contributed by atoms with Gasteiger partial charge in [-0.1, -0.05) is 0 Å². The van der Waals surface area contributed by atoms with E-state index in [-0.39, 0.29) is 23.7 Å². The topological polar surface area (TPSA) is 117 Å². The molecule has 9 nitrogen and oxygen atoms in total. The van der Waals surface area contributed by atoms with Crippen LogP contribution in [0.1, 0.15) is 6.42 Å². The Bertz CT molecular complexity index is 730. The molecule has 0 bridgehead atoms. The van der Waals surface area contributed by atoms with Crippen molar-refractivity contribution < 1.29 is 37.0 Å². The van der Waals surface area contributed by atoms with E-state index < -0.39 is 34.6 Å². The molecule has 1 aliphatic rings. The largest absolute Gasteiger partial charge is 0.493 e. The first-order chi connectivity index (χ1) is 11.4. The summed E-state index contributed by atoms with van der Waals surface area (Å²) in [5.74, 6) is -0.902. The van der Waals surface area contributed by atoms with Gasteiger partial charge in [0.25, 0.3) is 0 Å². The second-order valence-corrected chi connectivity index (χ2v) is 6.54. The number of nitrogens with one attached hydrogen (secondary N) is 1. The van der Waals surface area contributed by atoms with E-state index in [1.54, 1.807) is 0 Å². The van der Waals surface area contributed by atoms with Gasteiger partial charge < -0.3 is 18.9 Å². The van der Waals surface area contributed by atoms with Crippen molar-refractivity contribution in [3.05, 3.63) is 18.2 Å². The van der Waals surface area contributed by atoms with E-state index in [0.29, 0.717) is 5.75 Å². The molecule has 1 aliphatic heterocycles. The molecule has 0 unspecified atom stereocenters. The Kier molecular flexibility index (Phi) is 5.62. The van der Waals surface area contributed by atoms with Crippen molar-refractivity contribution in [1.29, 1.82) is 0 Å². The molecule has 1 aromatic rings. The Morgan fingerprint density at radius 2 is 2.00 bits per heavy atom. The van der Waals surface area contributed by atoms with E-state index in [0.717, 1.165) is 0 Å². The molecule has 0 spiro atoms. The number of methoxy groups -OCH3 is 2. The average molecular weight is 359 g/mol. The molecular weight excluding hydrogens is 342 g/mol. The first-order valence-electron chi connectivity index (χ1n) is 6.95. The number of esters is 2. The minimum absolute atomic E-state index is 0.103. The summed E-state index contributed by atoms with van der Waals surface area (Å²) in [6.07, 6.45) is -0.726. The zero-order valence-corrected chi connectivity index (χ0v) is 13.9. The molecule has 2 rings (SSSR count). The summed E-state index contributed by atoms with van der Waals surface area (Å²) in [5, 5.41) is 0. The molecule has 1 atom stereocenters. The highest BCUT2D eigenvalue weighted by Gasteiger charge is 2.30. The van der Waals surface area contributed by atoms with Gasteiger partial charge in [-0.05, 0) is 12.1 Å². The summed E-state index contributed by atoms with van der Waals surface area (Å²) in [7, 11) is -1.16. The molecule has 1 heterocycles. The number of carbonyl (C=O) groups excluding carboxylic acids is 2. The maximum atomic E-state index is 12.2. The maximum Gasteiger partial charge on any atom is 0.347 e. The summed E-state index contributed by atoms with van der Waals surface area (Å²) in [6.45, 7) is -0.436. The van der Waals surface area contributed by atoms with Crippen molar-refractivity contribution in [2.45, 2.75) is 17.4 Å². The van der Waals surface area contributed by atoms with E-state index in [4.69, 9.17) is 14.2 Å². The lowest BCUT2D eigenvalue weighted by Gasteiger charge is -2.11. The Hall–Kier alpha value is -2.33. The Labute approximate surface area is 138 Å². The van der Waals surface area contributed by atoms with Crippen molar-refractivity contribution in [2.75, 3.05) is 27.4 Å². The van der Waals surface area contributed by atoms with Crippen LogP contribution in [0, 0.1) is 0 Å². The molecule has 132 valence electrons. The van der Waals surface area contributed by atoms with Crippen LogP contribution < -0.4 is 14.2 Å².